The Labute approximate surface area is 199 Å². The van der Waals surface area contributed by atoms with E-state index in [1.165, 1.54) is 80.3 Å². The minimum absolute atomic E-state index is 1.32. The second-order valence-electron chi connectivity index (χ2n) is 7.98. The molecule has 2 rings (SSSR count). The molecule has 0 N–H and O–H groups in total. The average molecular weight is 544 g/mol. The van der Waals surface area contributed by atoms with E-state index < -0.39 is 19.4 Å². The minimum atomic E-state index is -6.09. The molecule has 0 bridgehead atoms. The number of halogens is 7. The van der Waals surface area contributed by atoms with E-state index >= 15 is 0 Å². The van der Waals surface area contributed by atoms with E-state index in [1.807, 2.05) is 0 Å². The molecule has 0 spiro atoms. The Morgan fingerprint density at radius 2 is 1.13 bits per heavy atom. The highest BCUT2D eigenvalue weighted by Crippen LogP contribution is 2.23. The zero-order valence-electron chi connectivity index (χ0n) is 18.0. The molecule has 2 aliphatic heterocycles. The van der Waals surface area contributed by atoms with E-state index in [1.54, 1.807) is 0 Å². The number of nitrogens with zero attached hydrogens (tertiary/aromatic N) is 2. The fourth-order valence-electron chi connectivity index (χ4n) is 3.28. The van der Waals surface area contributed by atoms with Crippen LogP contribution in [-0.4, -0.2) is 84.6 Å². The zero-order chi connectivity index (χ0) is 24.3. The van der Waals surface area contributed by atoms with Gasteiger partial charge in [0.15, 0.2) is 10.1 Å². The quantitative estimate of drug-likeness (QED) is 0.210. The molecule has 2 heterocycles. The van der Waals surface area contributed by atoms with E-state index in [-0.39, 0.29) is 0 Å². The molecule has 0 unspecified atom stereocenters. The topological polar surface area (TPSA) is 57.2 Å². The van der Waals surface area contributed by atoms with Gasteiger partial charge in [-0.1, -0.05) is 6.92 Å². The van der Waals surface area contributed by atoms with Crippen LogP contribution in [-0.2, 0) is 10.1 Å². The lowest BCUT2D eigenvalue weighted by Crippen LogP contribution is -2.41. The van der Waals surface area contributed by atoms with Gasteiger partial charge in [0.05, 0.1) is 53.4 Å². The molecule has 0 amide bonds. The van der Waals surface area contributed by atoms with Gasteiger partial charge in [0.2, 0.25) is 0 Å². The van der Waals surface area contributed by atoms with Gasteiger partial charge in [0.1, 0.15) is 0 Å². The number of quaternary nitrogens is 2. The lowest BCUT2D eigenvalue weighted by molar-refractivity contribution is -0.897. The molecule has 0 saturated carbocycles. The van der Waals surface area contributed by atoms with Crippen molar-refractivity contribution in [2.24, 2.45) is 0 Å². The Morgan fingerprint density at radius 1 is 0.867 bits per heavy atom. The first kappa shape index (κ1) is 33.0. The molecule has 0 radical (unpaired) electrons. The predicted octanol–water partition coefficient (Wildman–Crippen LogP) is 5.31. The maximum absolute atomic E-state index is 10.7. The first-order valence-electron chi connectivity index (χ1n) is 9.85. The van der Waals surface area contributed by atoms with Gasteiger partial charge in [0.25, 0.3) is 0 Å². The van der Waals surface area contributed by atoms with Gasteiger partial charge < -0.3 is 59.4 Å². The second kappa shape index (κ2) is 14.2. The Hall–Kier alpha value is 0.845. The average Bonchev–Trinajstić information content (AvgIpc) is 3.15. The standard InChI is InChI=1S/C8H18N.C7H16N.CHF3O3S.BCl4/c1-3-6-9(2)7-4-5-8-9;1-3-8(2)6-4-5-7-8;2-1(3,4)8(5,6)7;2-1(3,4)5/h3-8H2,1-2H3;3-7H2,1-2H3;(H,5,6,7);/q2*+1;;-1/p-1. The minimum Gasteiger partial charge on any atom is -0.741 e. The summed E-state index contributed by atoms with van der Waals surface area (Å²) < 4.78 is 59.5. The molecule has 2 saturated heterocycles. The van der Waals surface area contributed by atoms with Crippen LogP contribution in [0.2, 0.25) is 0 Å². The van der Waals surface area contributed by atoms with Crippen molar-refractivity contribution in [1.82, 2.24) is 0 Å². The van der Waals surface area contributed by atoms with E-state index in [4.69, 9.17) is 58.8 Å². The van der Waals surface area contributed by atoms with E-state index in [0.29, 0.717) is 0 Å². The molecule has 0 aromatic rings. The van der Waals surface area contributed by atoms with Crippen LogP contribution in [0.3, 0.4) is 0 Å². The van der Waals surface area contributed by atoms with Gasteiger partial charge in [-0.15, -0.1) is 0 Å². The molecular weight excluding hydrogens is 510 g/mol. The van der Waals surface area contributed by atoms with Crippen LogP contribution in [0.15, 0.2) is 0 Å². The van der Waals surface area contributed by atoms with Gasteiger partial charge in [-0.05, 0) is 13.3 Å². The van der Waals surface area contributed by atoms with Crippen LogP contribution < -0.4 is 0 Å². The van der Waals surface area contributed by atoms with Crippen molar-refractivity contribution >= 4 is 59.8 Å². The summed E-state index contributed by atoms with van der Waals surface area (Å²) in [5.74, 6) is 0. The second-order valence-corrected chi connectivity index (χ2v) is 13.3. The highest BCUT2D eigenvalue weighted by atomic mass is 35.6. The molecule has 0 aliphatic carbocycles. The van der Waals surface area contributed by atoms with E-state index in [9.17, 15) is 13.2 Å². The van der Waals surface area contributed by atoms with Crippen LogP contribution in [0.4, 0.5) is 13.2 Å². The van der Waals surface area contributed by atoms with Crippen molar-refractivity contribution in [2.45, 2.75) is 51.5 Å². The van der Waals surface area contributed by atoms with Crippen molar-refractivity contribution < 1.29 is 35.1 Å². The summed E-state index contributed by atoms with van der Waals surface area (Å²) in [6.45, 7) is 12.9. The van der Waals surface area contributed by atoms with E-state index in [0.717, 1.165) is 0 Å². The van der Waals surface area contributed by atoms with Crippen molar-refractivity contribution in [3.63, 3.8) is 0 Å². The van der Waals surface area contributed by atoms with Crippen molar-refractivity contribution in [2.75, 3.05) is 53.4 Å². The van der Waals surface area contributed by atoms with Crippen LogP contribution >= 0.6 is 45.8 Å². The van der Waals surface area contributed by atoms with E-state index in [2.05, 4.69) is 27.9 Å². The van der Waals surface area contributed by atoms with Gasteiger partial charge >= 0.3 is 9.32 Å². The molecule has 5 nitrogen and oxygen atoms in total. The molecule has 14 heteroatoms. The molecule has 0 aromatic carbocycles. The number of rotatable bonds is 3. The van der Waals surface area contributed by atoms with Crippen LogP contribution in [0.5, 0.6) is 0 Å². The Balaban J connectivity index is 0. The summed E-state index contributed by atoms with van der Waals surface area (Å²) in [5.41, 5.74) is -5.65. The van der Waals surface area contributed by atoms with Crippen molar-refractivity contribution in [1.29, 1.82) is 0 Å². The zero-order valence-corrected chi connectivity index (χ0v) is 21.9. The first-order chi connectivity index (χ1) is 13.3. The monoisotopic (exact) mass is 542 g/mol. The molecule has 184 valence electrons. The maximum atomic E-state index is 10.7. The number of hydrogen-bond donors (Lipinski definition) is 0. The predicted molar refractivity (Wildman–Crippen MR) is 121 cm³/mol. The smallest absolute Gasteiger partial charge is 0.485 e. The normalized spacial score (nSPS) is 20.1. The Morgan fingerprint density at radius 3 is 1.30 bits per heavy atom. The fourth-order valence-corrected chi connectivity index (χ4v) is 3.28. The van der Waals surface area contributed by atoms with Gasteiger partial charge in [-0.25, -0.2) is 8.42 Å². The maximum Gasteiger partial charge on any atom is 0.485 e. The van der Waals surface area contributed by atoms with Crippen LogP contribution in [0.1, 0.15) is 46.0 Å². The summed E-state index contributed by atoms with van der Waals surface area (Å²) >= 11 is 19.6. The lowest BCUT2D eigenvalue weighted by atomic mass is 10.4. The number of alkyl halides is 3. The SMILES string of the molecule is CCC[N+]1(C)CCCC1.CC[N+]1(C)CCCC1.Cl[B-](Cl)(Cl)Cl.O=S(=O)([O-])C(F)(F)F. The summed E-state index contributed by atoms with van der Waals surface area (Å²) in [5, 5.41) is 0. The van der Waals surface area contributed by atoms with Gasteiger partial charge in [0, 0.05) is 25.7 Å². The summed E-state index contributed by atoms with van der Waals surface area (Å²) in [4.78, 5) is 0. The summed E-state index contributed by atoms with van der Waals surface area (Å²) in [7, 11) is -1.35. The third kappa shape index (κ3) is 18.4. The van der Waals surface area contributed by atoms with Crippen LogP contribution in [0.25, 0.3) is 0 Å². The summed E-state index contributed by atoms with van der Waals surface area (Å²) in [6, 6.07) is 0. The molecule has 0 atom stereocenters. The Bertz CT molecular complexity index is 561. The first-order valence-corrected chi connectivity index (χ1v) is 13.0. The third-order valence-electron chi connectivity index (χ3n) is 5.10. The molecule has 2 aliphatic rings. The molecule has 2 fully saturated rings. The third-order valence-corrected chi connectivity index (χ3v) is 5.67. The molecule has 30 heavy (non-hydrogen) atoms. The summed E-state index contributed by atoms with van der Waals surface area (Å²) in [6.07, 6.45) is 7.15. The fraction of sp³-hybridized carbons (Fsp3) is 1.00. The van der Waals surface area contributed by atoms with Crippen LogP contribution in [0, 0.1) is 0 Å². The number of hydrogen-bond acceptors (Lipinski definition) is 3. The Kier molecular flexibility index (Phi) is 15.6. The number of likely N-dealkylation sites (tertiary alicyclic amines) is 2. The lowest BCUT2D eigenvalue weighted by Gasteiger charge is -2.28. The van der Waals surface area contributed by atoms with Gasteiger partial charge in [-0.3, -0.25) is 0 Å². The van der Waals surface area contributed by atoms with Gasteiger partial charge in [-0.2, -0.15) is 13.2 Å². The highest BCUT2D eigenvalue weighted by molar-refractivity contribution is 7.86. The molecular formula is C16H34BCl4F3N2O3S. The van der Waals surface area contributed by atoms with Crippen molar-refractivity contribution in [3.05, 3.63) is 0 Å². The molecule has 0 aromatic heterocycles. The largest absolute Gasteiger partial charge is 0.741 e. The highest BCUT2D eigenvalue weighted by Gasteiger charge is 2.36. The van der Waals surface area contributed by atoms with Crippen molar-refractivity contribution in [3.8, 4) is 0 Å².